The molecule has 0 aliphatic carbocycles. The molecule has 0 spiro atoms. The highest BCUT2D eigenvalue weighted by Crippen LogP contribution is 2.26. The molecule has 0 saturated heterocycles. The summed E-state index contributed by atoms with van der Waals surface area (Å²) in [6, 6.07) is 30.2. The molecule has 10 heteroatoms. The molecule has 4 aromatic rings. The molecule has 0 fully saturated rings. The molecule has 1 atom stereocenters. The zero-order valence-electron chi connectivity index (χ0n) is 23.0. The van der Waals surface area contributed by atoms with Crippen LogP contribution in [0.5, 0.6) is 0 Å². The monoisotopic (exact) mass is 667 g/mol. The largest absolute Gasteiger partial charge is 0.355 e. The lowest BCUT2D eigenvalue weighted by atomic mass is 10.0. The minimum Gasteiger partial charge on any atom is -0.355 e. The first kappa shape index (κ1) is 31.3. The molecule has 4 aromatic carbocycles. The summed E-state index contributed by atoms with van der Waals surface area (Å²) in [6.07, 6.45) is 0.246. The lowest BCUT2D eigenvalue weighted by Gasteiger charge is -2.33. The van der Waals surface area contributed by atoms with Crippen molar-refractivity contribution in [1.82, 2.24) is 10.2 Å². The third-order valence-electron chi connectivity index (χ3n) is 6.61. The van der Waals surface area contributed by atoms with Crippen molar-refractivity contribution < 1.29 is 18.0 Å². The molecule has 0 unspecified atom stereocenters. The number of hydrogen-bond donors (Lipinski definition) is 1. The number of nitrogens with one attached hydrogen (secondary N) is 1. The zero-order valence-corrected chi connectivity index (χ0v) is 26.1. The number of likely N-dealkylation sites (N-methyl/N-ethyl adjacent to an activating group) is 1. The van der Waals surface area contributed by atoms with E-state index in [2.05, 4.69) is 21.2 Å². The zero-order chi connectivity index (χ0) is 30.1. The second-order valence-corrected chi connectivity index (χ2v) is 12.8. The maximum absolute atomic E-state index is 14.3. The van der Waals surface area contributed by atoms with Crippen molar-refractivity contribution in [3.05, 3.63) is 130 Å². The summed E-state index contributed by atoms with van der Waals surface area (Å²) in [5.74, 6) is -0.857. The van der Waals surface area contributed by atoms with E-state index < -0.39 is 28.5 Å². The number of rotatable bonds is 12. The molecule has 1 N–H and O–H groups in total. The van der Waals surface area contributed by atoms with Crippen LogP contribution in [-0.2, 0) is 32.6 Å². The van der Waals surface area contributed by atoms with Crippen LogP contribution < -0.4 is 9.62 Å². The second-order valence-electron chi connectivity index (χ2n) is 9.55. The minimum absolute atomic E-state index is 0.0505. The molecule has 42 heavy (non-hydrogen) atoms. The lowest BCUT2D eigenvalue weighted by molar-refractivity contribution is -0.140. The topological polar surface area (TPSA) is 86.8 Å². The SMILES string of the molecule is CCNC(=O)[C@H](Cc1ccccc1)N(Cc1ccc(Cl)cc1)C(=O)CN(c1ccc(Br)cc1)S(=O)(=O)c1ccccc1. The molecule has 0 bridgehead atoms. The average molecular weight is 669 g/mol. The van der Waals surface area contributed by atoms with Gasteiger partial charge in [0.05, 0.1) is 10.6 Å². The van der Waals surface area contributed by atoms with Gasteiger partial charge < -0.3 is 10.2 Å². The average Bonchev–Trinajstić information content (AvgIpc) is 3.00. The number of halogens is 2. The van der Waals surface area contributed by atoms with Crippen molar-refractivity contribution in [3.8, 4) is 0 Å². The van der Waals surface area contributed by atoms with Crippen LogP contribution >= 0.6 is 27.5 Å². The summed E-state index contributed by atoms with van der Waals surface area (Å²) >= 11 is 9.50. The van der Waals surface area contributed by atoms with E-state index in [1.165, 1.54) is 17.0 Å². The van der Waals surface area contributed by atoms with E-state index in [4.69, 9.17) is 11.6 Å². The van der Waals surface area contributed by atoms with Crippen molar-refractivity contribution in [3.63, 3.8) is 0 Å². The quantitative estimate of drug-likeness (QED) is 0.199. The van der Waals surface area contributed by atoms with E-state index in [1.54, 1.807) is 66.7 Å². The fourth-order valence-corrected chi connectivity index (χ4v) is 6.31. The standard InChI is InChI=1S/C32H31BrClN3O4S/c1-2-35-32(39)30(21-24-9-5-3-6-10-24)36(22-25-13-17-27(34)18-14-25)31(38)23-37(28-19-15-26(33)16-20-28)42(40,41)29-11-7-4-8-12-29/h3-20,30H,2,21-23H2,1H3,(H,35,39)/t30-/m0/s1. The Morgan fingerprint density at radius 2 is 1.43 bits per heavy atom. The fraction of sp³-hybridized carbons (Fsp3) is 0.188. The number of carbonyl (C=O) groups excluding carboxylic acids is 2. The molecule has 218 valence electrons. The van der Waals surface area contributed by atoms with E-state index >= 15 is 0 Å². The number of benzene rings is 4. The Balaban J connectivity index is 1.78. The molecule has 0 aliphatic rings. The Hall–Kier alpha value is -3.66. The first-order valence-electron chi connectivity index (χ1n) is 13.4. The van der Waals surface area contributed by atoms with Gasteiger partial charge >= 0.3 is 0 Å². The number of nitrogens with zero attached hydrogens (tertiary/aromatic N) is 2. The Kier molecular flexibility index (Phi) is 10.8. The molecule has 0 heterocycles. The van der Waals surface area contributed by atoms with E-state index in [1.807, 2.05) is 37.3 Å². The first-order valence-corrected chi connectivity index (χ1v) is 16.0. The highest BCUT2D eigenvalue weighted by atomic mass is 79.9. The summed E-state index contributed by atoms with van der Waals surface area (Å²) in [7, 11) is -4.14. The highest BCUT2D eigenvalue weighted by Gasteiger charge is 2.34. The van der Waals surface area contributed by atoms with Gasteiger partial charge in [-0.3, -0.25) is 13.9 Å². The predicted octanol–water partition coefficient (Wildman–Crippen LogP) is 6.07. The molecule has 0 saturated carbocycles. The number of amides is 2. The van der Waals surface area contributed by atoms with Gasteiger partial charge in [-0.1, -0.05) is 88.2 Å². The van der Waals surface area contributed by atoms with Crippen LogP contribution in [0.1, 0.15) is 18.1 Å². The fourth-order valence-electron chi connectivity index (χ4n) is 4.49. The molecule has 0 aliphatic heterocycles. The highest BCUT2D eigenvalue weighted by molar-refractivity contribution is 9.10. The van der Waals surface area contributed by atoms with E-state index in [0.29, 0.717) is 17.3 Å². The lowest BCUT2D eigenvalue weighted by Crippen LogP contribution is -2.53. The smallest absolute Gasteiger partial charge is 0.264 e. The molecule has 2 amide bonds. The van der Waals surface area contributed by atoms with Crippen molar-refractivity contribution >= 4 is 55.1 Å². The summed E-state index contributed by atoms with van der Waals surface area (Å²) in [4.78, 5) is 29.3. The maximum atomic E-state index is 14.3. The summed E-state index contributed by atoms with van der Waals surface area (Å²) in [6.45, 7) is 1.74. The van der Waals surface area contributed by atoms with Crippen LogP contribution in [0, 0.1) is 0 Å². The summed E-state index contributed by atoms with van der Waals surface area (Å²) < 4.78 is 29.7. The van der Waals surface area contributed by atoms with Gasteiger partial charge in [0, 0.05) is 29.0 Å². The molecular weight excluding hydrogens is 638 g/mol. The Labute approximate surface area is 260 Å². The van der Waals surface area contributed by atoms with Gasteiger partial charge in [0.25, 0.3) is 10.0 Å². The minimum atomic E-state index is -4.14. The maximum Gasteiger partial charge on any atom is 0.264 e. The van der Waals surface area contributed by atoms with Gasteiger partial charge in [0.15, 0.2) is 0 Å². The van der Waals surface area contributed by atoms with Gasteiger partial charge in [-0.25, -0.2) is 8.42 Å². The third-order valence-corrected chi connectivity index (χ3v) is 9.18. The normalized spacial score (nSPS) is 11.9. The van der Waals surface area contributed by atoms with Crippen LogP contribution in [0.2, 0.25) is 5.02 Å². The molecule has 0 radical (unpaired) electrons. The number of carbonyl (C=O) groups is 2. The van der Waals surface area contributed by atoms with Crippen LogP contribution in [0.3, 0.4) is 0 Å². The van der Waals surface area contributed by atoms with Crippen LogP contribution in [0.4, 0.5) is 5.69 Å². The third kappa shape index (κ3) is 8.00. The Morgan fingerprint density at radius 1 is 0.833 bits per heavy atom. The van der Waals surface area contributed by atoms with E-state index in [0.717, 1.165) is 19.9 Å². The van der Waals surface area contributed by atoms with Crippen molar-refractivity contribution in [2.24, 2.45) is 0 Å². The number of hydrogen-bond acceptors (Lipinski definition) is 4. The van der Waals surface area contributed by atoms with Gasteiger partial charge in [-0.2, -0.15) is 0 Å². The molecule has 0 aromatic heterocycles. The molecule has 4 rings (SSSR count). The van der Waals surface area contributed by atoms with E-state index in [-0.39, 0.29) is 23.8 Å². The van der Waals surface area contributed by atoms with Gasteiger partial charge in [-0.05, 0) is 66.6 Å². The van der Waals surface area contributed by atoms with Gasteiger partial charge in [0.2, 0.25) is 11.8 Å². The first-order chi connectivity index (χ1) is 20.2. The Morgan fingerprint density at radius 3 is 2.02 bits per heavy atom. The van der Waals surface area contributed by atoms with Gasteiger partial charge in [-0.15, -0.1) is 0 Å². The second kappa shape index (κ2) is 14.5. The summed E-state index contributed by atoms with van der Waals surface area (Å²) in [5, 5.41) is 3.39. The number of anilines is 1. The van der Waals surface area contributed by atoms with Crippen LogP contribution in [0.25, 0.3) is 0 Å². The van der Waals surface area contributed by atoms with Crippen LogP contribution in [-0.4, -0.2) is 44.3 Å². The van der Waals surface area contributed by atoms with Crippen molar-refractivity contribution in [2.45, 2.75) is 30.8 Å². The molecule has 7 nitrogen and oxygen atoms in total. The predicted molar refractivity (Wildman–Crippen MR) is 170 cm³/mol. The Bertz CT molecular complexity index is 1590. The number of sulfonamides is 1. The summed E-state index contributed by atoms with van der Waals surface area (Å²) in [5.41, 5.74) is 1.93. The van der Waals surface area contributed by atoms with Crippen molar-refractivity contribution in [1.29, 1.82) is 0 Å². The van der Waals surface area contributed by atoms with Crippen molar-refractivity contribution in [2.75, 3.05) is 17.4 Å². The van der Waals surface area contributed by atoms with Gasteiger partial charge in [0.1, 0.15) is 12.6 Å². The van der Waals surface area contributed by atoms with E-state index in [9.17, 15) is 18.0 Å². The molecular formula is C32H31BrClN3O4S. The van der Waals surface area contributed by atoms with Crippen LogP contribution in [0.15, 0.2) is 119 Å².